The average molecular weight is 432 g/mol. The molecule has 0 aliphatic carbocycles. The summed E-state index contributed by atoms with van der Waals surface area (Å²) in [5.74, 6) is 0.441. The first-order valence-corrected chi connectivity index (χ1v) is 8.79. The van der Waals surface area contributed by atoms with Crippen molar-refractivity contribution in [3.63, 3.8) is 0 Å². The fourth-order valence-corrected chi connectivity index (χ4v) is 4.13. The van der Waals surface area contributed by atoms with Crippen molar-refractivity contribution < 1.29 is 14.3 Å². The van der Waals surface area contributed by atoms with Crippen LogP contribution in [0.5, 0.6) is 11.5 Å². The third kappa shape index (κ3) is 3.33. The van der Waals surface area contributed by atoms with Crippen molar-refractivity contribution >= 4 is 66.5 Å². The van der Waals surface area contributed by atoms with E-state index < -0.39 is 5.97 Å². The molecule has 0 saturated heterocycles. The van der Waals surface area contributed by atoms with Gasteiger partial charge >= 0.3 is 5.97 Å². The molecule has 0 fully saturated rings. The lowest BCUT2D eigenvalue weighted by molar-refractivity contribution is 0.0740. The van der Waals surface area contributed by atoms with Gasteiger partial charge in [-0.1, -0.05) is 39.1 Å². The van der Waals surface area contributed by atoms with Crippen LogP contribution in [-0.2, 0) is 0 Å². The Balaban J connectivity index is 1.95. The maximum atomic E-state index is 12.4. The zero-order valence-corrected chi connectivity index (χ0v) is 15.6. The van der Waals surface area contributed by atoms with E-state index in [9.17, 15) is 4.79 Å². The van der Waals surface area contributed by atoms with Crippen molar-refractivity contribution in [2.24, 2.45) is 0 Å². The Morgan fingerprint density at radius 2 is 1.96 bits per heavy atom. The molecule has 0 radical (unpaired) electrons. The number of methoxy groups -OCH3 is 1. The molecule has 0 aliphatic rings. The quantitative estimate of drug-likeness (QED) is 0.366. The van der Waals surface area contributed by atoms with Gasteiger partial charge in [-0.3, -0.25) is 0 Å². The Kier molecular flexibility index (Phi) is 4.82. The van der Waals surface area contributed by atoms with E-state index in [1.807, 2.05) is 12.1 Å². The second kappa shape index (κ2) is 6.69. The van der Waals surface area contributed by atoms with Crippen LogP contribution in [0.1, 0.15) is 9.67 Å². The van der Waals surface area contributed by atoms with Crippen LogP contribution in [0.25, 0.3) is 10.1 Å². The fraction of sp³-hybridized carbons (Fsp3) is 0.0625. The summed E-state index contributed by atoms with van der Waals surface area (Å²) in [6.07, 6.45) is 0. The van der Waals surface area contributed by atoms with E-state index in [4.69, 9.17) is 32.7 Å². The highest BCUT2D eigenvalue weighted by molar-refractivity contribution is 9.10. The SMILES string of the molecule is COc1ccc2c(Cl)c(C(=O)Oc3ccc(Br)cc3Cl)sc2c1. The first-order valence-electron chi connectivity index (χ1n) is 6.43. The van der Waals surface area contributed by atoms with Gasteiger partial charge < -0.3 is 9.47 Å². The number of esters is 1. The maximum Gasteiger partial charge on any atom is 0.355 e. The van der Waals surface area contributed by atoms with Crippen LogP contribution in [0.4, 0.5) is 0 Å². The van der Waals surface area contributed by atoms with Gasteiger partial charge in [0, 0.05) is 14.6 Å². The summed E-state index contributed by atoms with van der Waals surface area (Å²) in [5, 5.41) is 1.49. The number of fused-ring (bicyclic) bond motifs is 1. The molecule has 0 N–H and O–H groups in total. The van der Waals surface area contributed by atoms with Crippen molar-refractivity contribution in [2.45, 2.75) is 0 Å². The van der Waals surface area contributed by atoms with Gasteiger partial charge in [-0.05, 0) is 36.4 Å². The van der Waals surface area contributed by atoms with Crippen LogP contribution < -0.4 is 9.47 Å². The van der Waals surface area contributed by atoms with Crippen LogP contribution >= 0.6 is 50.5 Å². The molecule has 3 aromatic rings. The summed E-state index contributed by atoms with van der Waals surface area (Å²) < 4.78 is 12.2. The minimum absolute atomic E-state index is 0.283. The average Bonchev–Trinajstić information content (AvgIpc) is 2.86. The number of halogens is 3. The summed E-state index contributed by atoms with van der Waals surface area (Å²) in [4.78, 5) is 12.7. The number of carbonyl (C=O) groups excluding carboxylic acids is 1. The largest absolute Gasteiger partial charge is 0.497 e. The van der Waals surface area contributed by atoms with Gasteiger partial charge in [-0.2, -0.15) is 0 Å². The molecule has 0 atom stereocenters. The molecule has 23 heavy (non-hydrogen) atoms. The highest BCUT2D eigenvalue weighted by Crippen LogP contribution is 2.38. The van der Waals surface area contributed by atoms with E-state index in [0.29, 0.717) is 20.7 Å². The summed E-state index contributed by atoms with van der Waals surface area (Å²) in [5.41, 5.74) is 0. The first kappa shape index (κ1) is 16.6. The predicted octanol–water partition coefficient (Wildman–Crippen LogP) is 6.20. The summed E-state index contributed by atoms with van der Waals surface area (Å²) in [7, 11) is 1.58. The number of hydrogen-bond acceptors (Lipinski definition) is 4. The molecule has 0 aliphatic heterocycles. The molecule has 0 unspecified atom stereocenters. The molecule has 1 aromatic heterocycles. The molecule has 0 bridgehead atoms. The number of rotatable bonds is 3. The van der Waals surface area contributed by atoms with Gasteiger partial charge in [0.05, 0.1) is 17.2 Å². The number of ether oxygens (including phenoxy) is 2. The van der Waals surface area contributed by atoms with Crippen LogP contribution in [0.2, 0.25) is 10.0 Å². The topological polar surface area (TPSA) is 35.5 Å². The van der Waals surface area contributed by atoms with Crippen molar-refractivity contribution in [3.8, 4) is 11.5 Å². The van der Waals surface area contributed by atoms with Crippen LogP contribution in [0.15, 0.2) is 40.9 Å². The lowest BCUT2D eigenvalue weighted by atomic mass is 10.2. The Hall–Kier alpha value is -1.27. The second-order valence-electron chi connectivity index (χ2n) is 4.57. The minimum atomic E-state index is -0.542. The van der Waals surface area contributed by atoms with Crippen molar-refractivity contribution in [1.82, 2.24) is 0 Å². The molecule has 2 aromatic carbocycles. The molecule has 3 rings (SSSR count). The lowest BCUT2D eigenvalue weighted by Gasteiger charge is -2.05. The van der Waals surface area contributed by atoms with Crippen LogP contribution in [0.3, 0.4) is 0 Å². The van der Waals surface area contributed by atoms with Crippen molar-refractivity contribution in [2.75, 3.05) is 7.11 Å². The van der Waals surface area contributed by atoms with E-state index in [2.05, 4.69) is 15.9 Å². The standard InChI is InChI=1S/C16H9BrCl2O3S/c1-21-9-3-4-10-13(7-9)23-15(14(10)19)16(20)22-12-5-2-8(17)6-11(12)18/h2-7H,1H3. The summed E-state index contributed by atoms with van der Waals surface area (Å²) in [6, 6.07) is 10.5. The van der Waals surface area contributed by atoms with Gasteiger partial charge in [0.15, 0.2) is 0 Å². The number of carbonyl (C=O) groups is 1. The highest BCUT2D eigenvalue weighted by Gasteiger charge is 2.20. The lowest BCUT2D eigenvalue weighted by Crippen LogP contribution is -2.07. The van der Waals surface area contributed by atoms with E-state index in [0.717, 1.165) is 14.6 Å². The number of thiophene rings is 1. The smallest absolute Gasteiger partial charge is 0.355 e. The predicted molar refractivity (Wildman–Crippen MR) is 97.5 cm³/mol. The second-order valence-corrected chi connectivity index (χ2v) is 7.32. The third-order valence-corrected chi connectivity index (χ3v) is 5.54. The Bertz CT molecular complexity index is 908. The third-order valence-electron chi connectivity index (χ3n) is 3.12. The first-order chi connectivity index (χ1) is 11.0. The van der Waals surface area contributed by atoms with Gasteiger partial charge in [0.2, 0.25) is 0 Å². The van der Waals surface area contributed by atoms with E-state index in [1.165, 1.54) is 11.3 Å². The van der Waals surface area contributed by atoms with Crippen molar-refractivity contribution in [3.05, 3.63) is 55.8 Å². The molecular formula is C16H9BrCl2O3S. The van der Waals surface area contributed by atoms with E-state index >= 15 is 0 Å². The van der Waals surface area contributed by atoms with Gasteiger partial charge in [-0.15, -0.1) is 11.3 Å². The van der Waals surface area contributed by atoms with Gasteiger partial charge in [0.25, 0.3) is 0 Å². The summed E-state index contributed by atoms with van der Waals surface area (Å²) >= 11 is 16.9. The molecule has 1 heterocycles. The zero-order chi connectivity index (χ0) is 16.6. The molecule has 118 valence electrons. The molecule has 0 saturated carbocycles. The van der Waals surface area contributed by atoms with Gasteiger partial charge in [-0.25, -0.2) is 4.79 Å². The summed E-state index contributed by atoms with van der Waals surface area (Å²) in [6.45, 7) is 0. The fourth-order valence-electron chi connectivity index (χ4n) is 2.01. The van der Waals surface area contributed by atoms with Gasteiger partial charge in [0.1, 0.15) is 16.4 Å². The van der Waals surface area contributed by atoms with Crippen LogP contribution in [-0.4, -0.2) is 13.1 Å². The Morgan fingerprint density at radius 1 is 1.17 bits per heavy atom. The molecule has 0 spiro atoms. The Labute approximate surface area is 154 Å². The van der Waals surface area contributed by atoms with E-state index in [-0.39, 0.29) is 5.75 Å². The Morgan fingerprint density at radius 3 is 2.65 bits per heavy atom. The van der Waals surface area contributed by atoms with Crippen LogP contribution in [0, 0.1) is 0 Å². The minimum Gasteiger partial charge on any atom is -0.497 e. The normalized spacial score (nSPS) is 10.8. The molecule has 0 amide bonds. The molecular weight excluding hydrogens is 423 g/mol. The molecule has 7 heteroatoms. The molecule has 3 nitrogen and oxygen atoms in total. The zero-order valence-electron chi connectivity index (χ0n) is 11.7. The van der Waals surface area contributed by atoms with E-state index in [1.54, 1.807) is 31.4 Å². The monoisotopic (exact) mass is 430 g/mol. The maximum absolute atomic E-state index is 12.4. The number of benzene rings is 2. The highest BCUT2D eigenvalue weighted by atomic mass is 79.9. The van der Waals surface area contributed by atoms with Crippen molar-refractivity contribution in [1.29, 1.82) is 0 Å². The number of hydrogen-bond donors (Lipinski definition) is 0.